The molecule has 0 amide bonds. The van der Waals surface area contributed by atoms with Crippen molar-refractivity contribution in [2.45, 2.75) is 35.7 Å². The number of benzene rings is 3. The van der Waals surface area contributed by atoms with Crippen LogP contribution in [-0.2, 0) is 0 Å². The fraction of sp³-hybridized carbons (Fsp3) is 0.125. The highest BCUT2D eigenvalue weighted by atomic mass is 32.2. The maximum absolute atomic E-state index is 13.7. The molecule has 1 saturated heterocycles. The molecule has 1 N–H and O–H groups in total. The lowest BCUT2D eigenvalue weighted by Gasteiger charge is -2.28. The van der Waals surface area contributed by atoms with Gasteiger partial charge in [0.2, 0.25) is 0 Å². The van der Waals surface area contributed by atoms with Crippen LogP contribution in [0.15, 0.2) is 113 Å². The summed E-state index contributed by atoms with van der Waals surface area (Å²) < 4.78 is 15.8. The van der Waals surface area contributed by atoms with Gasteiger partial charge >= 0.3 is 0 Å². The van der Waals surface area contributed by atoms with E-state index in [1.807, 2.05) is 49.4 Å². The predicted octanol–water partition coefficient (Wildman–Crippen LogP) is 7.86. The Morgan fingerprint density at radius 3 is 2.19 bits per heavy atom. The average molecular weight is 596 g/mol. The Morgan fingerprint density at radius 1 is 0.929 bits per heavy atom. The molecule has 6 rings (SSSR count). The number of hydrogen-bond donors (Lipinski definition) is 1. The zero-order valence-corrected chi connectivity index (χ0v) is 24.4. The van der Waals surface area contributed by atoms with E-state index in [2.05, 4.69) is 32.8 Å². The quantitative estimate of drug-likeness (QED) is 0.117. The van der Waals surface area contributed by atoms with Crippen LogP contribution in [-0.4, -0.2) is 19.6 Å². The molecule has 1 aliphatic heterocycles. The number of thiocarbonyl (C=S) groups is 1. The Balaban J connectivity index is 1.37. The van der Waals surface area contributed by atoms with Crippen molar-refractivity contribution < 1.29 is 9.31 Å². The lowest BCUT2D eigenvalue weighted by atomic mass is 9.96. The van der Waals surface area contributed by atoms with Crippen LogP contribution in [0.2, 0.25) is 0 Å². The molecule has 3 heterocycles. The molecule has 10 heteroatoms. The summed E-state index contributed by atoms with van der Waals surface area (Å²) in [5.74, 6) is -0.275. The summed E-state index contributed by atoms with van der Waals surface area (Å²) in [6.45, 7) is 4.12. The molecule has 0 saturated carbocycles. The number of nitrogens with zero attached hydrogens (tertiary/aromatic N) is 4. The summed E-state index contributed by atoms with van der Waals surface area (Å²) in [7, 11) is 0. The lowest BCUT2D eigenvalue weighted by molar-refractivity contribution is -0.384. The minimum atomic E-state index is -0.401. The van der Waals surface area contributed by atoms with E-state index in [1.165, 1.54) is 36.0 Å². The Kier molecular flexibility index (Phi) is 7.49. The topological polar surface area (TPSA) is 76.2 Å². The SMILES string of the molecule is Cc1cc([C@@H]2[C@@H](c3ccccn3)NC(=S)N2c2ccc(Sc3ccc([N+](=O)[O-])cc3)cc2)c(C)n1-c1ccc(F)cc1. The highest BCUT2D eigenvalue weighted by Gasteiger charge is 2.42. The van der Waals surface area contributed by atoms with Crippen LogP contribution >= 0.6 is 24.0 Å². The predicted molar refractivity (Wildman–Crippen MR) is 167 cm³/mol. The number of non-ortho nitro benzene ring substituents is 1. The number of aromatic nitrogens is 2. The van der Waals surface area contributed by atoms with Crippen molar-refractivity contribution in [3.8, 4) is 5.69 Å². The van der Waals surface area contributed by atoms with Crippen molar-refractivity contribution in [2.75, 3.05) is 4.90 Å². The number of halogens is 1. The molecule has 3 aromatic carbocycles. The molecule has 1 fully saturated rings. The van der Waals surface area contributed by atoms with Crippen molar-refractivity contribution >= 4 is 40.5 Å². The highest BCUT2D eigenvalue weighted by Crippen LogP contribution is 2.44. The van der Waals surface area contributed by atoms with Crippen LogP contribution in [0, 0.1) is 29.8 Å². The Hall–Kier alpha value is -4.54. The van der Waals surface area contributed by atoms with Crippen molar-refractivity contribution in [2.24, 2.45) is 0 Å². The molecule has 1 aliphatic rings. The van der Waals surface area contributed by atoms with Crippen molar-refractivity contribution in [1.82, 2.24) is 14.9 Å². The summed E-state index contributed by atoms with van der Waals surface area (Å²) in [6.07, 6.45) is 1.78. The summed E-state index contributed by atoms with van der Waals surface area (Å²) in [6, 6.07) is 28.8. The standard InChI is InChI=1S/C32H26FN5O2S2/c1-20-19-28(21(2)36(20)23-8-6-22(33)7-9-23)31-30(29-5-3-4-18-34-29)35-32(41)37(31)24-10-14-26(15-11-24)42-27-16-12-25(13-17-27)38(39)40/h3-19,30-31H,1-2H3,(H,35,41)/t30-,31-/m1/s1. The Bertz CT molecular complexity index is 1760. The fourth-order valence-corrected chi connectivity index (χ4v) is 6.63. The molecule has 42 heavy (non-hydrogen) atoms. The van der Waals surface area contributed by atoms with Crippen LogP contribution in [0.3, 0.4) is 0 Å². The minimum absolute atomic E-state index is 0.0667. The third-order valence-electron chi connectivity index (χ3n) is 7.37. The van der Waals surface area contributed by atoms with Crippen molar-refractivity contribution in [3.63, 3.8) is 0 Å². The zero-order chi connectivity index (χ0) is 29.4. The summed E-state index contributed by atoms with van der Waals surface area (Å²) in [5.41, 5.74) is 5.91. The maximum Gasteiger partial charge on any atom is 0.269 e. The average Bonchev–Trinajstić information content (AvgIpc) is 3.49. The van der Waals surface area contributed by atoms with E-state index in [-0.39, 0.29) is 23.6 Å². The first kappa shape index (κ1) is 27.6. The van der Waals surface area contributed by atoms with Gasteiger partial charge in [-0.25, -0.2) is 4.39 Å². The van der Waals surface area contributed by atoms with Crippen LogP contribution in [0.1, 0.15) is 34.7 Å². The first-order valence-electron chi connectivity index (χ1n) is 13.3. The van der Waals surface area contributed by atoms with Crippen LogP contribution in [0.5, 0.6) is 0 Å². The molecule has 5 aromatic rings. The number of rotatable bonds is 7. The molecule has 2 aromatic heterocycles. The van der Waals surface area contributed by atoms with Gasteiger partial charge in [0.25, 0.3) is 5.69 Å². The van der Waals surface area contributed by atoms with Crippen molar-refractivity contribution in [3.05, 3.63) is 142 Å². The lowest BCUT2D eigenvalue weighted by Crippen LogP contribution is -2.29. The number of hydrogen-bond acceptors (Lipinski definition) is 5. The van der Waals surface area contributed by atoms with E-state index in [0.29, 0.717) is 5.11 Å². The van der Waals surface area contributed by atoms with Gasteiger partial charge in [-0.15, -0.1) is 0 Å². The number of pyridine rings is 1. The van der Waals surface area contributed by atoms with Gasteiger partial charge in [-0.05, 0) is 110 Å². The fourth-order valence-electron chi connectivity index (χ4n) is 5.47. The molecule has 0 spiro atoms. The summed E-state index contributed by atoms with van der Waals surface area (Å²) in [4.78, 5) is 19.3. The van der Waals surface area contributed by atoms with E-state index in [4.69, 9.17) is 12.2 Å². The highest BCUT2D eigenvalue weighted by molar-refractivity contribution is 7.99. The summed E-state index contributed by atoms with van der Waals surface area (Å²) >= 11 is 7.45. The van der Waals surface area contributed by atoms with Gasteiger partial charge in [-0.3, -0.25) is 15.1 Å². The van der Waals surface area contributed by atoms with Gasteiger partial charge in [-0.1, -0.05) is 17.8 Å². The minimum Gasteiger partial charge on any atom is -0.351 e. The van der Waals surface area contributed by atoms with Gasteiger partial charge in [0.15, 0.2) is 5.11 Å². The second kappa shape index (κ2) is 11.4. The van der Waals surface area contributed by atoms with Gasteiger partial charge in [-0.2, -0.15) is 0 Å². The second-order valence-corrected chi connectivity index (χ2v) is 11.5. The van der Waals surface area contributed by atoms with E-state index < -0.39 is 4.92 Å². The maximum atomic E-state index is 13.7. The monoisotopic (exact) mass is 595 g/mol. The van der Waals surface area contributed by atoms with Crippen LogP contribution in [0.4, 0.5) is 15.8 Å². The van der Waals surface area contributed by atoms with Crippen LogP contribution < -0.4 is 10.2 Å². The van der Waals surface area contributed by atoms with Crippen LogP contribution in [0.25, 0.3) is 5.69 Å². The van der Waals surface area contributed by atoms with E-state index in [9.17, 15) is 14.5 Å². The largest absolute Gasteiger partial charge is 0.351 e. The Morgan fingerprint density at radius 2 is 1.57 bits per heavy atom. The molecule has 2 atom stereocenters. The third-order valence-corrected chi connectivity index (χ3v) is 8.70. The summed E-state index contributed by atoms with van der Waals surface area (Å²) in [5, 5.41) is 15.1. The van der Waals surface area contributed by atoms with Crippen molar-refractivity contribution in [1.29, 1.82) is 0 Å². The first-order chi connectivity index (χ1) is 20.3. The Labute approximate surface area is 252 Å². The molecule has 0 bridgehead atoms. The number of nitro benzene ring substituents is 1. The smallest absolute Gasteiger partial charge is 0.269 e. The first-order valence-corrected chi connectivity index (χ1v) is 14.5. The molecule has 0 aliphatic carbocycles. The normalized spacial score (nSPS) is 16.5. The van der Waals surface area contributed by atoms with Gasteiger partial charge in [0.1, 0.15) is 5.82 Å². The number of aryl methyl sites for hydroxylation is 1. The number of nitro groups is 1. The number of anilines is 1. The molecule has 0 radical (unpaired) electrons. The van der Waals surface area contributed by atoms with E-state index >= 15 is 0 Å². The molecule has 7 nitrogen and oxygen atoms in total. The molecule has 0 unspecified atom stereocenters. The molecule has 210 valence electrons. The van der Waals surface area contributed by atoms with E-state index in [0.717, 1.165) is 43.8 Å². The molecular formula is C32H26FN5O2S2. The van der Waals surface area contributed by atoms with Gasteiger partial charge < -0.3 is 14.8 Å². The zero-order valence-electron chi connectivity index (χ0n) is 22.8. The molecular weight excluding hydrogens is 570 g/mol. The second-order valence-electron chi connectivity index (χ2n) is 9.98. The third kappa shape index (κ3) is 5.26. The van der Waals surface area contributed by atoms with Gasteiger partial charge in [0, 0.05) is 50.9 Å². The number of nitrogens with one attached hydrogen (secondary N) is 1. The van der Waals surface area contributed by atoms with E-state index in [1.54, 1.807) is 30.5 Å². The van der Waals surface area contributed by atoms with Gasteiger partial charge in [0.05, 0.1) is 22.7 Å².